The molecule has 2 aromatic rings. The standard InChI is InChI=1S/C21H24N2O5S/c1-13-10-14(2)21(15(3)11-13)22-29(26,27)18-12-16(8-9-17(18)28-4)23-19(24)6-5-7-20(23)25/h8-12,22H,5-7H2,1-4H3. The van der Waals surface area contributed by atoms with Crippen molar-refractivity contribution in [3.8, 4) is 5.75 Å². The van der Waals surface area contributed by atoms with E-state index in [1.807, 2.05) is 32.9 Å². The Labute approximate surface area is 170 Å². The lowest BCUT2D eigenvalue weighted by Gasteiger charge is -2.25. The van der Waals surface area contributed by atoms with Gasteiger partial charge in [-0.25, -0.2) is 8.42 Å². The maximum absolute atomic E-state index is 13.2. The molecule has 0 radical (unpaired) electrons. The van der Waals surface area contributed by atoms with Crippen LogP contribution in [0.3, 0.4) is 0 Å². The SMILES string of the molecule is COc1ccc(N2C(=O)CCCC2=O)cc1S(=O)(=O)Nc1c(C)cc(C)cc1C. The number of hydrogen-bond donors (Lipinski definition) is 1. The molecular formula is C21H24N2O5S. The second-order valence-electron chi connectivity index (χ2n) is 7.19. The molecule has 1 aliphatic rings. The van der Waals surface area contributed by atoms with Gasteiger partial charge in [0.05, 0.1) is 18.5 Å². The Kier molecular flexibility index (Phi) is 5.66. The summed E-state index contributed by atoms with van der Waals surface area (Å²) in [7, 11) is -2.67. The average molecular weight is 416 g/mol. The molecule has 29 heavy (non-hydrogen) atoms. The van der Waals surface area contributed by atoms with Crippen molar-refractivity contribution in [3.05, 3.63) is 47.0 Å². The quantitative estimate of drug-likeness (QED) is 0.754. The summed E-state index contributed by atoms with van der Waals surface area (Å²) in [5.41, 5.74) is 3.33. The van der Waals surface area contributed by atoms with Gasteiger partial charge in [0.25, 0.3) is 10.0 Å². The van der Waals surface area contributed by atoms with Crippen LogP contribution >= 0.6 is 0 Å². The summed E-state index contributed by atoms with van der Waals surface area (Å²) < 4.78 is 34.2. The third-order valence-corrected chi connectivity index (χ3v) is 6.26. The number of hydrogen-bond acceptors (Lipinski definition) is 5. The van der Waals surface area contributed by atoms with Crippen molar-refractivity contribution in [2.45, 2.75) is 44.9 Å². The number of amides is 2. The van der Waals surface area contributed by atoms with Crippen LogP contribution in [-0.4, -0.2) is 27.3 Å². The molecule has 0 unspecified atom stereocenters. The summed E-state index contributed by atoms with van der Waals surface area (Å²) >= 11 is 0. The molecule has 0 spiro atoms. The van der Waals surface area contributed by atoms with E-state index in [1.165, 1.54) is 25.3 Å². The van der Waals surface area contributed by atoms with Gasteiger partial charge in [0.1, 0.15) is 10.6 Å². The van der Waals surface area contributed by atoms with E-state index in [0.29, 0.717) is 12.1 Å². The number of carbonyl (C=O) groups excluding carboxylic acids is 2. The third-order valence-electron chi connectivity index (χ3n) is 4.89. The van der Waals surface area contributed by atoms with Crippen LogP contribution in [0.2, 0.25) is 0 Å². The van der Waals surface area contributed by atoms with Crippen LogP contribution in [0.1, 0.15) is 36.0 Å². The Morgan fingerprint density at radius 1 is 0.966 bits per heavy atom. The molecule has 1 saturated heterocycles. The van der Waals surface area contributed by atoms with E-state index in [4.69, 9.17) is 4.74 Å². The maximum atomic E-state index is 13.2. The number of anilines is 2. The molecule has 1 aliphatic heterocycles. The molecular weight excluding hydrogens is 392 g/mol. The highest BCUT2D eigenvalue weighted by atomic mass is 32.2. The molecule has 0 bridgehead atoms. The third kappa shape index (κ3) is 4.12. The molecule has 1 fully saturated rings. The summed E-state index contributed by atoms with van der Waals surface area (Å²) in [5, 5.41) is 0. The maximum Gasteiger partial charge on any atom is 0.265 e. The first-order valence-corrected chi connectivity index (χ1v) is 10.8. The molecule has 0 saturated carbocycles. The van der Waals surface area contributed by atoms with Crippen molar-refractivity contribution in [3.63, 3.8) is 0 Å². The van der Waals surface area contributed by atoms with Crippen LogP contribution in [0.5, 0.6) is 5.75 Å². The zero-order valence-electron chi connectivity index (χ0n) is 16.9. The van der Waals surface area contributed by atoms with E-state index >= 15 is 0 Å². The van der Waals surface area contributed by atoms with Crippen LogP contribution in [0.25, 0.3) is 0 Å². The van der Waals surface area contributed by atoms with E-state index in [2.05, 4.69) is 4.72 Å². The minimum atomic E-state index is -4.03. The molecule has 3 rings (SSSR count). The van der Waals surface area contributed by atoms with Gasteiger partial charge in [0.2, 0.25) is 11.8 Å². The van der Waals surface area contributed by atoms with Crippen LogP contribution in [0.15, 0.2) is 35.2 Å². The molecule has 0 aliphatic carbocycles. The molecule has 0 aromatic heterocycles. The lowest BCUT2D eigenvalue weighted by Crippen LogP contribution is -2.40. The number of rotatable bonds is 5. The summed E-state index contributed by atoms with van der Waals surface area (Å²) in [6, 6.07) is 8.06. The molecule has 1 N–H and O–H groups in total. The number of aryl methyl sites for hydroxylation is 3. The smallest absolute Gasteiger partial charge is 0.265 e. The van der Waals surface area contributed by atoms with Crippen molar-refractivity contribution >= 4 is 33.2 Å². The summed E-state index contributed by atoms with van der Waals surface area (Å²) in [6.07, 6.45) is 1.00. The van der Waals surface area contributed by atoms with Crippen molar-refractivity contribution in [1.82, 2.24) is 0 Å². The van der Waals surface area contributed by atoms with Crippen molar-refractivity contribution in [2.24, 2.45) is 0 Å². The minimum absolute atomic E-state index is 0.126. The highest BCUT2D eigenvalue weighted by molar-refractivity contribution is 7.92. The molecule has 2 amide bonds. The first kappa shape index (κ1) is 20.9. The van der Waals surface area contributed by atoms with Crippen LogP contribution in [0.4, 0.5) is 11.4 Å². The number of nitrogens with zero attached hydrogens (tertiary/aromatic N) is 1. The van der Waals surface area contributed by atoms with Crippen LogP contribution in [-0.2, 0) is 19.6 Å². The molecule has 0 atom stereocenters. The summed E-state index contributed by atoms with van der Waals surface area (Å²) in [5.74, 6) is -0.554. The number of nitrogens with one attached hydrogen (secondary N) is 1. The van der Waals surface area contributed by atoms with E-state index in [0.717, 1.165) is 21.6 Å². The fraction of sp³-hybridized carbons (Fsp3) is 0.333. The predicted octanol–water partition coefficient (Wildman–Crippen LogP) is 3.46. The van der Waals surface area contributed by atoms with Crippen molar-refractivity contribution in [2.75, 3.05) is 16.7 Å². The molecule has 7 nitrogen and oxygen atoms in total. The van der Waals surface area contributed by atoms with Crippen molar-refractivity contribution in [1.29, 1.82) is 0 Å². The van der Waals surface area contributed by atoms with Crippen LogP contribution in [0, 0.1) is 20.8 Å². The second kappa shape index (κ2) is 7.87. The Morgan fingerprint density at radius 3 is 2.10 bits per heavy atom. The van der Waals surface area contributed by atoms with Gasteiger partial charge in [0, 0.05) is 12.8 Å². The van der Waals surface area contributed by atoms with E-state index in [9.17, 15) is 18.0 Å². The molecule has 1 heterocycles. The normalized spacial score (nSPS) is 14.8. The molecule has 154 valence electrons. The Balaban J connectivity index is 2.07. The molecule has 8 heteroatoms. The lowest BCUT2D eigenvalue weighted by atomic mass is 10.1. The number of ether oxygens (including phenoxy) is 1. The van der Waals surface area contributed by atoms with Gasteiger partial charge in [0.15, 0.2) is 0 Å². The highest BCUT2D eigenvalue weighted by Crippen LogP contribution is 2.33. The summed E-state index contributed by atoms with van der Waals surface area (Å²) in [4.78, 5) is 25.4. The Morgan fingerprint density at radius 2 is 1.55 bits per heavy atom. The number of piperidine rings is 1. The zero-order valence-corrected chi connectivity index (χ0v) is 17.7. The number of benzene rings is 2. The Bertz CT molecular complexity index is 1050. The Hall–Kier alpha value is -2.87. The number of carbonyl (C=O) groups is 2. The van der Waals surface area contributed by atoms with E-state index < -0.39 is 10.0 Å². The van der Waals surface area contributed by atoms with Gasteiger partial charge in [-0.3, -0.25) is 19.2 Å². The largest absolute Gasteiger partial charge is 0.495 e. The van der Waals surface area contributed by atoms with Crippen LogP contribution < -0.4 is 14.4 Å². The first-order valence-electron chi connectivity index (χ1n) is 9.28. The fourth-order valence-corrected chi connectivity index (χ4v) is 4.98. The van der Waals surface area contributed by atoms with Gasteiger partial charge >= 0.3 is 0 Å². The first-order chi connectivity index (χ1) is 13.6. The van der Waals surface area contributed by atoms with Crippen molar-refractivity contribution < 1.29 is 22.7 Å². The topological polar surface area (TPSA) is 92.8 Å². The van der Waals surface area contributed by atoms with Gasteiger partial charge in [-0.1, -0.05) is 17.7 Å². The number of methoxy groups -OCH3 is 1. The van der Waals surface area contributed by atoms with Gasteiger partial charge in [-0.05, 0) is 56.5 Å². The number of imide groups is 1. The monoisotopic (exact) mass is 416 g/mol. The fourth-order valence-electron chi connectivity index (χ4n) is 3.59. The van der Waals surface area contributed by atoms with E-state index in [-0.39, 0.29) is 41.0 Å². The van der Waals surface area contributed by atoms with E-state index in [1.54, 1.807) is 0 Å². The van der Waals surface area contributed by atoms with Gasteiger partial charge < -0.3 is 4.74 Å². The molecule has 2 aromatic carbocycles. The zero-order chi connectivity index (χ0) is 21.3. The lowest BCUT2D eigenvalue weighted by molar-refractivity contribution is -0.129. The average Bonchev–Trinajstić information content (AvgIpc) is 2.64. The number of sulfonamides is 1. The predicted molar refractivity (Wildman–Crippen MR) is 111 cm³/mol. The summed E-state index contributed by atoms with van der Waals surface area (Å²) in [6.45, 7) is 5.60. The minimum Gasteiger partial charge on any atom is -0.495 e. The van der Waals surface area contributed by atoms with Gasteiger partial charge in [-0.2, -0.15) is 0 Å². The van der Waals surface area contributed by atoms with Gasteiger partial charge in [-0.15, -0.1) is 0 Å². The second-order valence-corrected chi connectivity index (χ2v) is 8.84. The highest BCUT2D eigenvalue weighted by Gasteiger charge is 2.30.